The highest BCUT2D eigenvalue weighted by Crippen LogP contribution is 2.44. The summed E-state index contributed by atoms with van der Waals surface area (Å²) in [6.45, 7) is 9.03. The summed E-state index contributed by atoms with van der Waals surface area (Å²) < 4.78 is 0. The van der Waals surface area contributed by atoms with Gasteiger partial charge in [-0.3, -0.25) is 0 Å². The molecular formula is C65H60N2. The lowest BCUT2D eigenvalue weighted by atomic mass is 9.81. The van der Waals surface area contributed by atoms with E-state index >= 15 is 0 Å². The Labute approximate surface area is 399 Å². The quantitative estimate of drug-likeness (QED) is 0.107. The molecule has 0 heterocycles. The summed E-state index contributed by atoms with van der Waals surface area (Å²) in [5.41, 5.74) is 19.1. The smallest absolute Gasteiger partial charge is 0.0540 e. The predicted molar refractivity (Wildman–Crippen MR) is 290 cm³/mol. The fraction of sp³-hybridized carbons (Fsp3) is 0.138. The first kappa shape index (κ1) is 44.5. The highest BCUT2D eigenvalue weighted by Gasteiger charge is 2.23. The minimum absolute atomic E-state index is 0.0380. The second kappa shape index (κ2) is 20.7. The molecule has 2 nitrogen and oxygen atoms in total. The van der Waals surface area contributed by atoms with Gasteiger partial charge < -0.3 is 9.80 Å². The molecule has 0 bridgehead atoms. The SMILES string of the molecule is C/C=C\C(=C/C=Cc1ccccc1-c1ccccc1)N(c1cccc(C2=CC=CCC2)c1)c1ccc(-c2ccccc2C(C)(C)C)cc1-c1ccc(N(C2=CC=CCC2)c2ccccc2)cc1. The Kier molecular flexibility index (Phi) is 13.7. The Balaban J connectivity index is 1.24. The molecule has 2 aliphatic rings. The highest BCUT2D eigenvalue weighted by atomic mass is 15.2. The normalized spacial score (nSPS) is 14.1. The number of allylic oxidation sites excluding steroid dienone is 12. The van der Waals surface area contributed by atoms with Gasteiger partial charge in [0.25, 0.3) is 0 Å². The van der Waals surface area contributed by atoms with E-state index in [1.54, 1.807) is 0 Å². The van der Waals surface area contributed by atoms with E-state index in [0.717, 1.165) is 65.3 Å². The highest BCUT2D eigenvalue weighted by molar-refractivity contribution is 5.90. The van der Waals surface area contributed by atoms with Gasteiger partial charge in [0.2, 0.25) is 0 Å². The van der Waals surface area contributed by atoms with Crippen LogP contribution in [0.2, 0.25) is 0 Å². The molecule has 330 valence electrons. The summed E-state index contributed by atoms with van der Waals surface area (Å²) in [6, 6.07) is 64.4. The Morgan fingerprint density at radius 2 is 1.15 bits per heavy atom. The average Bonchev–Trinajstić information content (AvgIpc) is 3.38. The van der Waals surface area contributed by atoms with E-state index in [-0.39, 0.29) is 5.41 Å². The van der Waals surface area contributed by atoms with Gasteiger partial charge in [0.05, 0.1) is 5.69 Å². The van der Waals surface area contributed by atoms with Crippen LogP contribution < -0.4 is 9.80 Å². The van der Waals surface area contributed by atoms with Crippen molar-refractivity contribution in [2.45, 2.75) is 58.8 Å². The largest absolute Gasteiger partial charge is 0.314 e. The maximum Gasteiger partial charge on any atom is 0.0540 e. The molecule has 0 saturated heterocycles. The maximum absolute atomic E-state index is 2.45. The molecule has 0 spiro atoms. The lowest BCUT2D eigenvalue weighted by Crippen LogP contribution is -2.17. The molecule has 2 heteroatoms. The minimum atomic E-state index is -0.0380. The zero-order valence-corrected chi connectivity index (χ0v) is 39.3. The third kappa shape index (κ3) is 10.3. The van der Waals surface area contributed by atoms with Gasteiger partial charge in [0, 0.05) is 34.0 Å². The number of nitrogens with zero attached hydrogens (tertiary/aromatic N) is 2. The van der Waals surface area contributed by atoms with Crippen molar-refractivity contribution in [2.24, 2.45) is 0 Å². The molecule has 7 aromatic rings. The van der Waals surface area contributed by atoms with Gasteiger partial charge >= 0.3 is 0 Å². The number of para-hydroxylation sites is 1. The number of hydrogen-bond donors (Lipinski definition) is 0. The van der Waals surface area contributed by atoms with E-state index in [9.17, 15) is 0 Å². The monoisotopic (exact) mass is 868 g/mol. The van der Waals surface area contributed by atoms with Crippen LogP contribution in [0, 0.1) is 0 Å². The zero-order valence-electron chi connectivity index (χ0n) is 39.3. The van der Waals surface area contributed by atoms with Crippen LogP contribution in [0.4, 0.5) is 22.7 Å². The van der Waals surface area contributed by atoms with Crippen molar-refractivity contribution in [1.82, 2.24) is 0 Å². The van der Waals surface area contributed by atoms with E-state index in [1.165, 1.54) is 50.2 Å². The van der Waals surface area contributed by atoms with Crippen LogP contribution in [0.5, 0.6) is 0 Å². The van der Waals surface area contributed by atoms with Crippen LogP contribution in [0.3, 0.4) is 0 Å². The Morgan fingerprint density at radius 1 is 0.522 bits per heavy atom. The summed E-state index contributed by atoms with van der Waals surface area (Å²) >= 11 is 0. The van der Waals surface area contributed by atoms with E-state index in [4.69, 9.17) is 0 Å². The topological polar surface area (TPSA) is 6.48 Å². The average molecular weight is 869 g/mol. The summed E-state index contributed by atoms with van der Waals surface area (Å²) in [5, 5.41) is 0. The number of rotatable bonds is 13. The van der Waals surface area contributed by atoms with Crippen LogP contribution in [0.15, 0.2) is 248 Å². The van der Waals surface area contributed by atoms with Gasteiger partial charge in [0.1, 0.15) is 0 Å². The summed E-state index contributed by atoms with van der Waals surface area (Å²) in [4.78, 5) is 4.86. The molecule has 9 rings (SSSR count). The molecule has 0 radical (unpaired) electrons. The fourth-order valence-electron chi connectivity index (χ4n) is 9.41. The van der Waals surface area contributed by atoms with Crippen molar-refractivity contribution < 1.29 is 0 Å². The van der Waals surface area contributed by atoms with Crippen molar-refractivity contribution in [1.29, 1.82) is 0 Å². The van der Waals surface area contributed by atoms with Gasteiger partial charge in [-0.15, -0.1) is 0 Å². The van der Waals surface area contributed by atoms with E-state index in [1.807, 2.05) is 0 Å². The first-order chi connectivity index (χ1) is 32.9. The molecule has 7 aromatic carbocycles. The lowest BCUT2D eigenvalue weighted by molar-refractivity contribution is 0.592. The molecule has 0 saturated carbocycles. The molecular weight excluding hydrogens is 809 g/mol. The van der Waals surface area contributed by atoms with E-state index in [0.29, 0.717) is 0 Å². The summed E-state index contributed by atoms with van der Waals surface area (Å²) in [7, 11) is 0. The number of anilines is 4. The van der Waals surface area contributed by atoms with Crippen molar-refractivity contribution in [2.75, 3.05) is 9.80 Å². The third-order valence-corrected chi connectivity index (χ3v) is 12.7. The van der Waals surface area contributed by atoms with Crippen molar-refractivity contribution in [3.8, 4) is 33.4 Å². The molecule has 0 N–H and O–H groups in total. The summed E-state index contributed by atoms with van der Waals surface area (Å²) in [6.07, 6.45) is 28.6. The van der Waals surface area contributed by atoms with Gasteiger partial charge in [0.15, 0.2) is 0 Å². The fourth-order valence-corrected chi connectivity index (χ4v) is 9.41. The second-order valence-electron chi connectivity index (χ2n) is 18.3. The van der Waals surface area contributed by atoms with Crippen LogP contribution in [-0.4, -0.2) is 0 Å². The van der Waals surface area contributed by atoms with Gasteiger partial charge in [-0.05, 0) is 155 Å². The van der Waals surface area contributed by atoms with Crippen molar-refractivity contribution in [3.63, 3.8) is 0 Å². The molecule has 2 aliphatic carbocycles. The van der Waals surface area contributed by atoms with Crippen molar-refractivity contribution in [3.05, 3.63) is 265 Å². The first-order valence-electron chi connectivity index (χ1n) is 23.8. The molecule has 0 aromatic heterocycles. The van der Waals surface area contributed by atoms with E-state index in [2.05, 4.69) is 280 Å². The Bertz CT molecular complexity index is 3040. The third-order valence-electron chi connectivity index (χ3n) is 12.7. The standard InChI is InChI=1S/C65H60N2/c1-5-24-55(36-22-30-51-29-18-19-38-60(51)50-27-12-7-13-28-50)67(59-37-23-31-53(47-59)49-25-10-6-11-26-49)64-46-43-54(61-39-20-21-40-63(61)65(2,3)4)48-62(64)52-41-44-58(45-42-52)66(56-32-14-8-15-33-56)57-34-16-9-17-35-57/h5-10,12-16,18-25,27-34,36-48H,11,17,26,35H2,1-4H3/b24-5-,30-22?,55-36+. The molecule has 0 fully saturated rings. The molecule has 67 heavy (non-hydrogen) atoms. The molecule has 0 unspecified atom stereocenters. The van der Waals surface area contributed by atoms with E-state index < -0.39 is 0 Å². The van der Waals surface area contributed by atoms with Crippen LogP contribution in [0.25, 0.3) is 45.0 Å². The van der Waals surface area contributed by atoms with Crippen LogP contribution in [-0.2, 0) is 5.41 Å². The first-order valence-corrected chi connectivity index (χ1v) is 23.8. The number of benzene rings is 7. The van der Waals surface area contributed by atoms with Gasteiger partial charge in [-0.2, -0.15) is 0 Å². The Morgan fingerprint density at radius 3 is 1.87 bits per heavy atom. The second-order valence-corrected chi connectivity index (χ2v) is 18.3. The van der Waals surface area contributed by atoms with Crippen LogP contribution in [0.1, 0.15) is 70.1 Å². The Hall–Kier alpha value is -7.68. The molecule has 0 aliphatic heterocycles. The summed E-state index contributed by atoms with van der Waals surface area (Å²) in [5.74, 6) is 0. The van der Waals surface area contributed by atoms with Crippen LogP contribution >= 0.6 is 0 Å². The number of hydrogen-bond acceptors (Lipinski definition) is 2. The maximum atomic E-state index is 2.45. The molecule has 0 amide bonds. The lowest BCUT2D eigenvalue weighted by Gasteiger charge is -2.31. The van der Waals surface area contributed by atoms with Gasteiger partial charge in [-0.25, -0.2) is 0 Å². The van der Waals surface area contributed by atoms with Gasteiger partial charge in [-0.1, -0.05) is 197 Å². The zero-order chi connectivity index (χ0) is 46.0. The predicted octanol–water partition coefficient (Wildman–Crippen LogP) is 18.4. The van der Waals surface area contributed by atoms with Crippen molar-refractivity contribution >= 4 is 34.4 Å². The molecule has 0 atom stereocenters. The minimum Gasteiger partial charge on any atom is -0.314 e.